The highest BCUT2D eigenvalue weighted by atomic mass is 32.2. The summed E-state index contributed by atoms with van der Waals surface area (Å²) >= 11 is 1.76. The lowest BCUT2D eigenvalue weighted by Gasteiger charge is -2.09. The van der Waals surface area contributed by atoms with Crippen molar-refractivity contribution < 1.29 is 14.3 Å². The number of aryl methyl sites for hydroxylation is 3. The van der Waals surface area contributed by atoms with Crippen molar-refractivity contribution in [3.05, 3.63) is 53.1 Å². The van der Waals surface area contributed by atoms with Crippen molar-refractivity contribution in [1.82, 2.24) is 5.32 Å². The van der Waals surface area contributed by atoms with Crippen LogP contribution in [0.3, 0.4) is 0 Å². The van der Waals surface area contributed by atoms with Gasteiger partial charge in [-0.05, 0) is 61.2 Å². The molecule has 0 unspecified atom stereocenters. The van der Waals surface area contributed by atoms with Crippen molar-refractivity contribution in [2.45, 2.75) is 31.6 Å². The van der Waals surface area contributed by atoms with Crippen molar-refractivity contribution in [3.63, 3.8) is 0 Å². The van der Waals surface area contributed by atoms with Crippen LogP contribution in [0.1, 0.15) is 23.1 Å². The number of carbonyl (C=O) groups is 1. The van der Waals surface area contributed by atoms with E-state index in [0.717, 1.165) is 22.8 Å². The Balaban J connectivity index is 1.73. The van der Waals surface area contributed by atoms with E-state index in [1.807, 2.05) is 18.2 Å². The van der Waals surface area contributed by atoms with Gasteiger partial charge < -0.3 is 14.8 Å². The zero-order valence-electron chi connectivity index (χ0n) is 15.9. The van der Waals surface area contributed by atoms with E-state index in [1.54, 1.807) is 26.0 Å². The number of ether oxygens (including phenoxy) is 2. The van der Waals surface area contributed by atoms with E-state index in [-0.39, 0.29) is 5.91 Å². The standard InChI is InChI=1S/C21H27NO3S/c1-15-5-7-20(11-16(15)2)26-10-9-22-21(23)8-6-17-12-18(24-3)14-19(13-17)25-4/h5,7,11-14H,6,8-10H2,1-4H3,(H,22,23). The summed E-state index contributed by atoms with van der Waals surface area (Å²) in [5.74, 6) is 2.41. The van der Waals surface area contributed by atoms with Gasteiger partial charge >= 0.3 is 0 Å². The maximum absolute atomic E-state index is 12.1. The summed E-state index contributed by atoms with van der Waals surface area (Å²) in [6, 6.07) is 12.2. The molecule has 2 rings (SSSR count). The first kappa shape index (κ1) is 20.2. The monoisotopic (exact) mass is 373 g/mol. The molecule has 1 amide bonds. The van der Waals surface area contributed by atoms with Gasteiger partial charge in [-0.2, -0.15) is 0 Å². The van der Waals surface area contributed by atoms with Gasteiger partial charge in [0.1, 0.15) is 11.5 Å². The largest absolute Gasteiger partial charge is 0.497 e. The van der Waals surface area contributed by atoms with E-state index >= 15 is 0 Å². The highest BCUT2D eigenvalue weighted by molar-refractivity contribution is 7.99. The topological polar surface area (TPSA) is 47.6 Å². The third kappa shape index (κ3) is 6.30. The van der Waals surface area contributed by atoms with Gasteiger partial charge in [0.15, 0.2) is 0 Å². The fourth-order valence-corrected chi connectivity index (χ4v) is 3.38. The molecule has 2 aromatic rings. The highest BCUT2D eigenvalue weighted by Crippen LogP contribution is 2.23. The zero-order valence-corrected chi connectivity index (χ0v) is 16.7. The van der Waals surface area contributed by atoms with Crippen LogP contribution in [0.2, 0.25) is 0 Å². The van der Waals surface area contributed by atoms with E-state index < -0.39 is 0 Å². The molecule has 5 heteroatoms. The second kappa shape index (κ2) is 10.1. The number of rotatable bonds is 9. The van der Waals surface area contributed by atoms with E-state index in [2.05, 4.69) is 37.4 Å². The van der Waals surface area contributed by atoms with Gasteiger partial charge in [-0.1, -0.05) is 6.07 Å². The molecule has 140 valence electrons. The molecular formula is C21H27NO3S. The lowest BCUT2D eigenvalue weighted by Crippen LogP contribution is -2.25. The molecule has 0 atom stereocenters. The molecule has 0 aliphatic rings. The van der Waals surface area contributed by atoms with Crippen LogP contribution in [-0.4, -0.2) is 32.4 Å². The third-order valence-corrected chi connectivity index (χ3v) is 5.22. The molecular weight excluding hydrogens is 346 g/mol. The first-order valence-corrected chi connectivity index (χ1v) is 9.69. The summed E-state index contributed by atoms with van der Waals surface area (Å²) in [4.78, 5) is 13.3. The molecule has 0 fully saturated rings. The van der Waals surface area contributed by atoms with Crippen LogP contribution in [-0.2, 0) is 11.2 Å². The normalized spacial score (nSPS) is 10.5. The second-order valence-electron chi connectivity index (χ2n) is 6.17. The number of nitrogens with one attached hydrogen (secondary N) is 1. The number of carbonyl (C=O) groups excluding carboxylic acids is 1. The third-order valence-electron chi connectivity index (χ3n) is 4.22. The number of methoxy groups -OCH3 is 2. The quantitative estimate of drug-likeness (QED) is 0.530. The van der Waals surface area contributed by atoms with E-state index in [9.17, 15) is 4.79 Å². The Kier molecular flexibility index (Phi) is 7.85. The van der Waals surface area contributed by atoms with Crippen molar-refractivity contribution in [2.75, 3.05) is 26.5 Å². The molecule has 0 aliphatic carbocycles. The first-order valence-electron chi connectivity index (χ1n) is 8.70. The van der Waals surface area contributed by atoms with Gasteiger partial charge in [-0.25, -0.2) is 0 Å². The van der Waals surface area contributed by atoms with E-state index in [4.69, 9.17) is 9.47 Å². The van der Waals surface area contributed by atoms with Gasteiger partial charge in [0.05, 0.1) is 14.2 Å². The smallest absolute Gasteiger partial charge is 0.220 e. The molecule has 0 saturated carbocycles. The molecule has 0 heterocycles. The van der Waals surface area contributed by atoms with Crippen molar-refractivity contribution in [3.8, 4) is 11.5 Å². The van der Waals surface area contributed by atoms with E-state index in [1.165, 1.54) is 16.0 Å². The highest BCUT2D eigenvalue weighted by Gasteiger charge is 2.06. The fourth-order valence-electron chi connectivity index (χ4n) is 2.52. The van der Waals surface area contributed by atoms with Crippen molar-refractivity contribution >= 4 is 17.7 Å². The van der Waals surface area contributed by atoms with Crippen LogP contribution in [0.15, 0.2) is 41.3 Å². The molecule has 0 aliphatic heterocycles. The molecule has 0 aromatic heterocycles. The molecule has 0 radical (unpaired) electrons. The SMILES string of the molecule is COc1cc(CCC(=O)NCCSc2ccc(C)c(C)c2)cc(OC)c1. The summed E-state index contributed by atoms with van der Waals surface area (Å²) in [7, 11) is 3.25. The molecule has 0 bridgehead atoms. The van der Waals surface area contributed by atoms with Gasteiger partial charge in [0, 0.05) is 29.7 Å². The Bertz CT molecular complexity index is 724. The van der Waals surface area contributed by atoms with Crippen LogP contribution in [0.25, 0.3) is 0 Å². The summed E-state index contributed by atoms with van der Waals surface area (Å²) in [5.41, 5.74) is 3.63. The Labute approximate surface area is 160 Å². The number of hydrogen-bond acceptors (Lipinski definition) is 4. The van der Waals surface area contributed by atoms with Gasteiger partial charge in [-0.3, -0.25) is 4.79 Å². The number of amides is 1. The van der Waals surface area contributed by atoms with Crippen LogP contribution >= 0.6 is 11.8 Å². The van der Waals surface area contributed by atoms with Gasteiger partial charge in [0.2, 0.25) is 5.91 Å². The molecule has 0 saturated heterocycles. The van der Waals surface area contributed by atoms with Crippen LogP contribution in [0.5, 0.6) is 11.5 Å². The minimum absolute atomic E-state index is 0.0625. The molecule has 4 nitrogen and oxygen atoms in total. The summed E-state index contributed by atoms with van der Waals surface area (Å²) < 4.78 is 10.5. The van der Waals surface area contributed by atoms with Crippen molar-refractivity contribution in [2.24, 2.45) is 0 Å². The average Bonchev–Trinajstić information content (AvgIpc) is 2.65. The lowest BCUT2D eigenvalue weighted by atomic mass is 10.1. The Hall–Kier alpha value is -2.14. The first-order chi connectivity index (χ1) is 12.5. The van der Waals surface area contributed by atoms with Crippen LogP contribution in [0, 0.1) is 13.8 Å². The molecule has 26 heavy (non-hydrogen) atoms. The minimum Gasteiger partial charge on any atom is -0.497 e. The number of thioether (sulfide) groups is 1. The fraction of sp³-hybridized carbons (Fsp3) is 0.381. The Morgan fingerprint density at radius 1 is 1.00 bits per heavy atom. The summed E-state index contributed by atoms with van der Waals surface area (Å²) in [5, 5.41) is 2.98. The number of hydrogen-bond donors (Lipinski definition) is 1. The number of benzene rings is 2. The summed E-state index contributed by atoms with van der Waals surface area (Å²) in [6.07, 6.45) is 1.11. The Morgan fingerprint density at radius 2 is 1.69 bits per heavy atom. The minimum atomic E-state index is 0.0625. The van der Waals surface area contributed by atoms with Gasteiger partial charge in [-0.15, -0.1) is 11.8 Å². The summed E-state index contributed by atoms with van der Waals surface area (Å²) in [6.45, 7) is 4.90. The van der Waals surface area contributed by atoms with Crippen molar-refractivity contribution in [1.29, 1.82) is 0 Å². The molecule has 0 spiro atoms. The van der Waals surface area contributed by atoms with E-state index in [0.29, 0.717) is 19.4 Å². The molecule has 1 N–H and O–H groups in total. The zero-order chi connectivity index (χ0) is 18.9. The molecule has 2 aromatic carbocycles. The van der Waals surface area contributed by atoms with Crippen LogP contribution in [0.4, 0.5) is 0 Å². The lowest BCUT2D eigenvalue weighted by molar-refractivity contribution is -0.120. The second-order valence-corrected chi connectivity index (χ2v) is 7.33. The maximum atomic E-state index is 12.1. The average molecular weight is 374 g/mol. The predicted molar refractivity (Wildman–Crippen MR) is 108 cm³/mol. The predicted octanol–water partition coefficient (Wildman–Crippen LogP) is 4.16. The Morgan fingerprint density at radius 3 is 2.31 bits per heavy atom. The van der Waals surface area contributed by atoms with Crippen LogP contribution < -0.4 is 14.8 Å². The maximum Gasteiger partial charge on any atom is 0.220 e. The van der Waals surface area contributed by atoms with Gasteiger partial charge in [0.25, 0.3) is 0 Å².